The predicted molar refractivity (Wildman–Crippen MR) is 78.1 cm³/mol. The quantitative estimate of drug-likeness (QED) is 0.590. The van der Waals surface area contributed by atoms with Crippen LogP contribution in [0, 0.1) is 0 Å². The minimum atomic E-state index is 0.448. The van der Waals surface area contributed by atoms with E-state index in [0.29, 0.717) is 6.10 Å². The summed E-state index contributed by atoms with van der Waals surface area (Å²) in [7, 11) is 2.21. The highest BCUT2D eigenvalue weighted by atomic mass is 16.5. The number of ether oxygens (including phenoxy) is 1. The van der Waals surface area contributed by atoms with Gasteiger partial charge in [-0.2, -0.15) is 0 Å². The van der Waals surface area contributed by atoms with E-state index in [1.165, 1.54) is 64.8 Å². The summed E-state index contributed by atoms with van der Waals surface area (Å²) in [6.45, 7) is 11.5. The molecule has 0 aromatic rings. The first-order valence-electron chi connectivity index (χ1n) is 7.75. The summed E-state index contributed by atoms with van der Waals surface area (Å²) in [6.07, 6.45) is 6.81. The topological polar surface area (TPSA) is 15.7 Å². The lowest BCUT2D eigenvalue weighted by Gasteiger charge is -2.32. The zero-order valence-corrected chi connectivity index (χ0v) is 12.7. The van der Waals surface area contributed by atoms with Crippen LogP contribution in [-0.2, 0) is 4.74 Å². The fourth-order valence-electron chi connectivity index (χ4n) is 2.41. The molecule has 1 rings (SSSR count). The molecule has 0 amide bonds. The molecule has 1 saturated heterocycles. The van der Waals surface area contributed by atoms with Crippen molar-refractivity contribution in [3.05, 3.63) is 0 Å². The van der Waals surface area contributed by atoms with Crippen LogP contribution in [0.1, 0.15) is 46.0 Å². The summed E-state index contributed by atoms with van der Waals surface area (Å²) in [6, 6.07) is 0. The van der Waals surface area contributed by atoms with E-state index >= 15 is 0 Å². The molecule has 0 radical (unpaired) electrons. The Hall–Kier alpha value is -0.120. The second-order valence-electron chi connectivity index (χ2n) is 5.68. The first-order chi connectivity index (χ1) is 8.72. The number of hydrogen-bond acceptors (Lipinski definition) is 3. The molecular weight excluding hydrogens is 224 g/mol. The van der Waals surface area contributed by atoms with Gasteiger partial charge >= 0.3 is 0 Å². The number of rotatable bonds is 9. The van der Waals surface area contributed by atoms with Crippen molar-refractivity contribution in [2.24, 2.45) is 0 Å². The van der Waals surface area contributed by atoms with Crippen molar-refractivity contribution in [2.75, 3.05) is 46.4 Å². The monoisotopic (exact) mass is 256 g/mol. The van der Waals surface area contributed by atoms with Crippen molar-refractivity contribution < 1.29 is 4.74 Å². The molecule has 0 spiro atoms. The van der Waals surface area contributed by atoms with Gasteiger partial charge in [-0.15, -0.1) is 0 Å². The molecule has 3 nitrogen and oxygen atoms in total. The Labute approximate surface area is 113 Å². The Morgan fingerprint density at radius 2 is 1.78 bits per heavy atom. The van der Waals surface area contributed by atoms with Crippen molar-refractivity contribution in [3.8, 4) is 0 Å². The third kappa shape index (κ3) is 7.34. The predicted octanol–water partition coefficient (Wildman–Crippen LogP) is 2.61. The van der Waals surface area contributed by atoms with Gasteiger partial charge in [0.15, 0.2) is 0 Å². The second-order valence-corrected chi connectivity index (χ2v) is 5.68. The van der Waals surface area contributed by atoms with Crippen LogP contribution in [0.15, 0.2) is 0 Å². The molecule has 1 fully saturated rings. The van der Waals surface area contributed by atoms with E-state index in [1.807, 2.05) is 0 Å². The van der Waals surface area contributed by atoms with E-state index in [4.69, 9.17) is 4.74 Å². The fourth-order valence-corrected chi connectivity index (χ4v) is 2.41. The molecule has 1 aliphatic heterocycles. The highest BCUT2D eigenvalue weighted by Gasteiger charge is 2.12. The summed E-state index contributed by atoms with van der Waals surface area (Å²) in [4.78, 5) is 4.97. The molecule has 1 atom stereocenters. The van der Waals surface area contributed by atoms with E-state index < -0.39 is 0 Å². The largest absolute Gasteiger partial charge is 0.378 e. The van der Waals surface area contributed by atoms with Crippen LogP contribution in [0.2, 0.25) is 0 Å². The lowest BCUT2D eigenvalue weighted by molar-refractivity contribution is 0.0485. The summed E-state index contributed by atoms with van der Waals surface area (Å²) in [5, 5.41) is 0. The molecule has 3 heteroatoms. The Bertz CT molecular complexity index is 191. The van der Waals surface area contributed by atoms with Gasteiger partial charge in [-0.05, 0) is 26.8 Å². The summed E-state index contributed by atoms with van der Waals surface area (Å²) >= 11 is 0. The number of hydrogen-bond donors (Lipinski definition) is 0. The Balaban J connectivity index is 1.91. The maximum absolute atomic E-state index is 5.86. The lowest BCUT2D eigenvalue weighted by atomic mass is 10.1. The second kappa shape index (κ2) is 9.76. The standard InChI is InChI=1S/C15H32N2O/c1-4-5-6-8-15(2)18-14-7-9-17-12-10-16(3)11-13-17/h15H,4-14H2,1-3H3. The van der Waals surface area contributed by atoms with Gasteiger partial charge in [-0.3, -0.25) is 0 Å². The minimum Gasteiger partial charge on any atom is -0.378 e. The lowest BCUT2D eigenvalue weighted by Crippen LogP contribution is -2.44. The van der Waals surface area contributed by atoms with Crippen LogP contribution < -0.4 is 0 Å². The number of nitrogens with zero attached hydrogens (tertiary/aromatic N) is 2. The van der Waals surface area contributed by atoms with E-state index in [1.54, 1.807) is 0 Å². The van der Waals surface area contributed by atoms with E-state index in [0.717, 1.165) is 6.61 Å². The zero-order valence-electron chi connectivity index (χ0n) is 12.7. The van der Waals surface area contributed by atoms with Crippen LogP contribution in [0.25, 0.3) is 0 Å². The van der Waals surface area contributed by atoms with Crippen molar-refractivity contribution in [1.29, 1.82) is 0 Å². The fraction of sp³-hybridized carbons (Fsp3) is 1.00. The van der Waals surface area contributed by atoms with Crippen LogP contribution in [0.3, 0.4) is 0 Å². The van der Waals surface area contributed by atoms with Gasteiger partial charge in [0.25, 0.3) is 0 Å². The Kier molecular flexibility index (Phi) is 8.64. The Morgan fingerprint density at radius 3 is 2.44 bits per heavy atom. The third-order valence-electron chi connectivity index (χ3n) is 3.83. The van der Waals surface area contributed by atoms with Gasteiger partial charge in [0, 0.05) is 39.3 Å². The molecule has 0 N–H and O–H groups in total. The SMILES string of the molecule is CCCCCC(C)OCCCN1CCN(C)CC1. The molecule has 18 heavy (non-hydrogen) atoms. The van der Waals surface area contributed by atoms with E-state index in [9.17, 15) is 0 Å². The molecular formula is C15H32N2O. The van der Waals surface area contributed by atoms with E-state index in [-0.39, 0.29) is 0 Å². The smallest absolute Gasteiger partial charge is 0.0547 e. The number of likely N-dealkylation sites (N-methyl/N-ethyl adjacent to an activating group) is 1. The first-order valence-corrected chi connectivity index (χ1v) is 7.75. The number of unbranched alkanes of at least 4 members (excludes halogenated alkanes) is 2. The molecule has 0 saturated carbocycles. The van der Waals surface area contributed by atoms with Crippen LogP contribution in [0.5, 0.6) is 0 Å². The molecule has 0 bridgehead atoms. The van der Waals surface area contributed by atoms with Gasteiger partial charge in [-0.1, -0.05) is 26.2 Å². The zero-order chi connectivity index (χ0) is 13.2. The van der Waals surface area contributed by atoms with Crippen LogP contribution in [0.4, 0.5) is 0 Å². The molecule has 1 aliphatic rings. The molecule has 0 aromatic carbocycles. The highest BCUT2D eigenvalue weighted by molar-refractivity contribution is 4.68. The molecule has 1 unspecified atom stereocenters. The first kappa shape index (κ1) is 15.9. The van der Waals surface area contributed by atoms with Crippen LogP contribution >= 0.6 is 0 Å². The summed E-state index contributed by atoms with van der Waals surface area (Å²) < 4.78 is 5.86. The van der Waals surface area contributed by atoms with Gasteiger partial charge in [0.1, 0.15) is 0 Å². The maximum atomic E-state index is 5.86. The molecule has 1 heterocycles. The maximum Gasteiger partial charge on any atom is 0.0547 e. The molecule has 108 valence electrons. The summed E-state index contributed by atoms with van der Waals surface area (Å²) in [5.41, 5.74) is 0. The van der Waals surface area contributed by atoms with Gasteiger partial charge in [0.05, 0.1) is 6.10 Å². The van der Waals surface area contributed by atoms with Gasteiger partial charge in [0.2, 0.25) is 0 Å². The average molecular weight is 256 g/mol. The van der Waals surface area contributed by atoms with Gasteiger partial charge in [-0.25, -0.2) is 0 Å². The molecule has 0 aromatic heterocycles. The van der Waals surface area contributed by atoms with Gasteiger partial charge < -0.3 is 14.5 Å². The summed E-state index contributed by atoms with van der Waals surface area (Å²) in [5.74, 6) is 0. The van der Waals surface area contributed by atoms with Crippen molar-refractivity contribution >= 4 is 0 Å². The average Bonchev–Trinajstić information content (AvgIpc) is 2.37. The molecule has 0 aliphatic carbocycles. The van der Waals surface area contributed by atoms with Crippen molar-refractivity contribution in [1.82, 2.24) is 9.80 Å². The van der Waals surface area contributed by atoms with Crippen LogP contribution in [-0.4, -0.2) is 62.3 Å². The third-order valence-corrected chi connectivity index (χ3v) is 3.83. The Morgan fingerprint density at radius 1 is 1.06 bits per heavy atom. The normalized spacial score (nSPS) is 20.2. The number of piperazine rings is 1. The van der Waals surface area contributed by atoms with Crippen molar-refractivity contribution in [2.45, 2.75) is 52.1 Å². The highest BCUT2D eigenvalue weighted by Crippen LogP contribution is 2.07. The minimum absolute atomic E-state index is 0.448. The van der Waals surface area contributed by atoms with Crippen molar-refractivity contribution in [3.63, 3.8) is 0 Å². The van der Waals surface area contributed by atoms with E-state index in [2.05, 4.69) is 30.7 Å².